The van der Waals surface area contributed by atoms with E-state index in [-0.39, 0.29) is 12.0 Å². The zero-order valence-electron chi connectivity index (χ0n) is 9.82. The van der Waals surface area contributed by atoms with E-state index in [4.69, 9.17) is 0 Å². The van der Waals surface area contributed by atoms with Crippen molar-refractivity contribution in [3.05, 3.63) is 15.6 Å². The highest BCUT2D eigenvalue weighted by atomic mass is 32.1. The third-order valence-corrected chi connectivity index (χ3v) is 4.38. The van der Waals surface area contributed by atoms with Crippen LogP contribution in [0.3, 0.4) is 0 Å². The number of thiazole rings is 1. The zero-order valence-corrected chi connectivity index (χ0v) is 10.6. The molecule has 1 heterocycles. The van der Waals surface area contributed by atoms with Crippen LogP contribution in [0.5, 0.6) is 0 Å². The number of aromatic nitrogens is 1. The first-order chi connectivity index (χ1) is 7.87. The third kappa shape index (κ3) is 2.63. The van der Waals surface area contributed by atoms with Crippen LogP contribution < -0.4 is 5.32 Å². The first-order valence-corrected chi connectivity index (χ1v) is 6.46. The van der Waals surface area contributed by atoms with E-state index in [9.17, 15) is 13.2 Å². The van der Waals surface area contributed by atoms with Crippen LogP contribution in [0.4, 0.5) is 13.2 Å². The standard InChI is InChI=1S/C11H15F3N2S/c1-3-15-6-7-8(11(12,13)14)16-9(17-7)10(2)4-5-10/h15H,3-6H2,1-2H3. The smallest absolute Gasteiger partial charge is 0.312 e. The molecule has 0 spiro atoms. The number of rotatable bonds is 4. The Labute approximate surface area is 102 Å². The highest BCUT2D eigenvalue weighted by molar-refractivity contribution is 7.12. The Hall–Kier alpha value is -0.620. The second-order valence-electron chi connectivity index (χ2n) is 4.63. The minimum absolute atomic E-state index is 0.102. The van der Waals surface area contributed by atoms with Crippen molar-refractivity contribution in [2.45, 2.75) is 44.8 Å². The van der Waals surface area contributed by atoms with Gasteiger partial charge in [-0.05, 0) is 19.4 Å². The van der Waals surface area contributed by atoms with Gasteiger partial charge < -0.3 is 5.32 Å². The number of halogens is 3. The number of hydrogen-bond acceptors (Lipinski definition) is 3. The van der Waals surface area contributed by atoms with Crippen LogP contribution in [0.15, 0.2) is 0 Å². The van der Waals surface area contributed by atoms with Gasteiger partial charge in [-0.15, -0.1) is 11.3 Å². The Balaban J connectivity index is 2.31. The molecule has 1 N–H and O–H groups in total. The Bertz CT molecular complexity index is 407. The largest absolute Gasteiger partial charge is 0.434 e. The average Bonchev–Trinajstić information content (AvgIpc) is 2.81. The van der Waals surface area contributed by atoms with Gasteiger partial charge in [0.05, 0.1) is 9.88 Å². The van der Waals surface area contributed by atoms with E-state index in [1.165, 1.54) is 11.3 Å². The van der Waals surface area contributed by atoms with Crippen molar-refractivity contribution in [3.8, 4) is 0 Å². The lowest BCUT2D eigenvalue weighted by Gasteiger charge is -2.05. The van der Waals surface area contributed by atoms with E-state index in [1.54, 1.807) is 0 Å². The van der Waals surface area contributed by atoms with Gasteiger partial charge in [0.2, 0.25) is 0 Å². The van der Waals surface area contributed by atoms with E-state index < -0.39 is 11.9 Å². The summed E-state index contributed by atoms with van der Waals surface area (Å²) in [5.41, 5.74) is -0.804. The Kier molecular flexibility index (Phi) is 3.20. The minimum Gasteiger partial charge on any atom is -0.312 e. The molecule has 0 unspecified atom stereocenters. The highest BCUT2D eigenvalue weighted by Gasteiger charge is 2.45. The minimum atomic E-state index is -4.34. The van der Waals surface area contributed by atoms with Gasteiger partial charge in [-0.2, -0.15) is 13.2 Å². The number of nitrogens with zero attached hydrogens (tertiary/aromatic N) is 1. The maximum absolute atomic E-state index is 12.8. The van der Waals surface area contributed by atoms with Gasteiger partial charge in [0, 0.05) is 12.0 Å². The van der Waals surface area contributed by atoms with Gasteiger partial charge in [0.25, 0.3) is 0 Å². The Morgan fingerprint density at radius 1 is 1.41 bits per heavy atom. The van der Waals surface area contributed by atoms with Crippen molar-refractivity contribution in [3.63, 3.8) is 0 Å². The quantitative estimate of drug-likeness (QED) is 0.902. The lowest BCUT2D eigenvalue weighted by Crippen LogP contribution is -2.15. The molecule has 2 nitrogen and oxygen atoms in total. The van der Waals surface area contributed by atoms with Crippen LogP contribution in [-0.2, 0) is 18.1 Å². The molecule has 1 aliphatic carbocycles. The van der Waals surface area contributed by atoms with Gasteiger partial charge in [-0.25, -0.2) is 4.98 Å². The summed E-state index contributed by atoms with van der Waals surface area (Å²) in [5.74, 6) is 0. The zero-order chi connectivity index (χ0) is 12.7. The maximum atomic E-state index is 12.8. The second-order valence-corrected chi connectivity index (χ2v) is 5.71. The molecule has 0 radical (unpaired) electrons. The molecule has 1 fully saturated rings. The first-order valence-electron chi connectivity index (χ1n) is 5.65. The lowest BCUT2D eigenvalue weighted by atomic mass is 10.2. The van der Waals surface area contributed by atoms with Gasteiger partial charge in [-0.3, -0.25) is 0 Å². The molecule has 0 aliphatic heterocycles. The summed E-state index contributed by atoms with van der Waals surface area (Å²) in [4.78, 5) is 4.13. The van der Waals surface area contributed by atoms with E-state index in [0.29, 0.717) is 16.4 Å². The lowest BCUT2D eigenvalue weighted by molar-refractivity contribution is -0.141. The Morgan fingerprint density at radius 2 is 2.06 bits per heavy atom. The fraction of sp³-hybridized carbons (Fsp3) is 0.727. The summed E-state index contributed by atoms with van der Waals surface area (Å²) in [6.07, 6.45) is -2.46. The molecular formula is C11H15F3N2S. The summed E-state index contributed by atoms with van der Waals surface area (Å²) in [6, 6.07) is 0. The topological polar surface area (TPSA) is 24.9 Å². The molecule has 1 saturated carbocycles. The normalized spacial score (nSPS) is 18.4. The van der Waals surface area contributed by atoms with E-state index >= 15 is 0 Å². The van der Waals surface area contributed by atoms with Crippen molar-refractivity contribution in [1.29, 1.82) is 0 Å². The summed E-state index contributed by atoms with van der Waals surface area (Å²) in [5, 5.41) is 3.57. The van der Waals surface area contributed by atoms with Crippen LogP contribution in [0.1, 0.15) is 42.3 Å². The summed E-state index contributed by atoms with van der Waals surface area (Å²) in [6.45, 7) is 4.75. The molecule has 0 saturated heterocycles. The number of hydrogen-bond donors (Lipinski definition) is 1. The predicted molar refractivity (Wildman–Crippen MR) is 61.1 cm³/mol. The summed E-state index contributed by atoms with van der Waals surface area (Å²) in [7, 11) is 0. The van der Waals surface area contributed by atoms with Crippen molar-refractivity contribution in [2.75, 3.05) is 6.54 Å². The SMILES string of the molecule is CCNCc1sc(C2(C)CC2)nc1C(F)(F)F. The van der Waals surface area contributed by atoms with Crippen molar-refractivity contribution in [1.82, 2.24) is 10.3 Å². The molecule has 2 rings (SSSR count). The van der Waals surface area contributed by atoms with Gasteiger partial charge in [0.15, 0.2) is 5.69 Å². The molecule has 96 valence electrons. The van der Waals surface area contributed by atoms with Gasteiger partial charge >= 0.3 is 6.18 Å². The van der Waals surface area contributed by atoms with Crippen LogP contribution in [0.2, 0.25) is 0 Å². The molecule has 17 heavy (non-hydrogen) atoms. The van der Waals surface area contributed by atoms with Crippen LogP contribution in [0.25, 0.3) is 0 Å². The van der Waals surface area contributed by atoms with Crippen LogP contribution >= 0.6 is 11.3 Å². The van der Waals surface area contributed by atoms with E-state index in [0.717, 1.165) is 12.8 Å². The molecule has 0 atom stereocenters. The number of alkyl halides is 3. The molecule has 0 amide bonds. The monoisotopic (exact) mass is 264 g/mol. The van der Waals surface area contributed by atoms with Crippen molar-refractivity contribution in [2.24, 2.45) is 0 Å². The molecule has 0 aromatic carbocycles. The molecule has 6 heteroatoms. The van der Waals surface area contributed by atoms with E-state index in [2.05, 4.69) is 10.3 Å². The summed E-state index contributed by atoms with van der Waals surface area (Å²) < 4.78 is 38.4. The Morgan fingerprint density at radius 3 is 2.53 bits per heavy atom. The molecule has 1 aliphatic rings. The van der Waals surface area contributed by atoms with Crippen molar-refractivity contribution >= 4 is 11.3 Å². The van der Waals surface area contributed by atoms with Crippen molar-refractivity contribution < 1.29 is 13.2 Å². The summed E-state index contributed by atoms with van der Waals surface area (Å²) >= 11 is 1.20. The van der Waals surface area contributed by atoms with Crippen LogP contribution in [0, 0.1) is 0 Å². The fourth-order valence-electron chi connectivity index (χ4n) is 1.59. The first kappa shape index (κ1) is 12.8. The maximum Gasteiger partial charge on any atom is 0.434 e. The second kappa shape index (κ2) is 4.24. The third-order valence-electron chi connectivity index (χ3n) is 3.02. The number of nitrogens with one attached hydrogen (secondary N) is 1. The fourth-order valence-corrected chi connectivity index (χ4v) is 2.84. The highest BCUT2D eigenvalue weighted by Crippen LogP contribution is 2.50. The van der Waals surface area contributed by atoms with Gasteiger partial charge in [-0.1, -0.05) is 13.8 Å². The molecule has 0 bridgehead atoms. The molecule has 1 aromatic heterocycles. The van der Waals surface area contributed by atoms with Crippen LogP contribution in [-0.4, -0.2) is 11.5 Å². The van der Waals surface area contributed by atoms with E-state index in [1.807, 2.05) is 13.8 Å². The molecule has 1 aromatic rings. The molecular weight excluding hydrogens is 249 g/mol. The average molecular weight is 264 g/mol. The predicted octanol–water partition coefficient (Wildman–Crippen LogP) is 3.32. The van der Waals surface area contributed by atoms with Gasteiger partial charge in [0.1, 0.15) is 0 Å².